The fourth-order valence-corrected chi connectivity index (χ4v) is 2.74. The van der Waals surface area contributed by atoms with Crippen LogP contribution in [0.15, 0.2) is 6.20 Å². The molecular formula is C10H16N2OS. The van der Waals surface area contributed by atoms with E-state index in [1.807, 2.05) is 24.6 Å². The SMILES string of the molecule is CNCc1cnc(CC2CCOC2)s1. The third kappa shape index (κ3) is 2.53. The van der Waals surface area contributed by atoms with Crippen LogP contribution < -0.4 is 5.32 Å². The number of aromatic nitrogens is 1. The van der Waals surface area contributed by atoms with Crippen LogP contribution in [0.1, 0.15) is 16.3 Å². The van der Waals surface area contributed by atoms with Crippen LogP contribution in [0.3, 0.4) is 0 Å². The lowest BCUT2D eigenvalue weighted by Gasteiger charge is -2.02. The lowest BCUT2D eigenvalue weighted by atomic mass is 10.1. The van der Waals surface area contributed by atoms with Gasteiger partial charge in [-0.15, -0.1) is 11.3 Å². The topological polar surface area (TPSA) is 34.2 Å². The van der Waals surface area contributed by atoms with E-state index in [0.717, 1.165) is 26.2 Å². The molecule has 1 aromatic rings. The minimum Gasteiger partial charge on any atom is -0.381 e. The normalized spacial score (nSPS) is 21.6. The van der Waals surface area contributed by atoms with Gasteiger partial charge in [0.15, 0.2) is 0 Å². The smallest absolute Gasteiger partial charge is 0.0931 e. The highest BCUT2D eigenvalue weighted by molar-refractivity contribution is 7.11. The summed E-state index contributed by atoms with van der Waals surface area (Å²) in [5, 5.41) is 4.39. The second-order valence-electron chi connectivity index (χ2n) is 3.68. The molecule has 0 saturated carbocycles. The largest absolute Gasteiger partial charge is 0.381 e. The average molecular weight is 212 g/mol. The Morgan fingerprint density at radius 3 is 3.36 bits per heavy atom. The molecule has 4 heteroatoms. The quantitative estimate of drug-likeness (QED) is 0.820. The number of hydrogen-bond acceptors (Lipinski definition) is 4. The highest BCUT2D eigenvalue weighted by Gasteiger charge is 2.17. The van der Waals surface area contributed by atoms with Crippen LogP contribution in [0, 0.1) is 5.92 Å². The molecule has 0 bridgehead atoms. The molecule has 14 heavy (non-hydrogen) atoms. The van der Waals surface area contributed by atoms with Crippen molar-refractivity contribution < 1.29 is 4.74 Å². The van der Waals surface area contributed by atoms with E-state index in [2.05, 4.69) is 10.3 Å². The van der Waals surface area contributed by atoms with Gasteiger partial charge in [-0.25, -0.2) is 4.98 Å². The van der Waals surface area contributed by atoms with Crippen LogP contribution in [-0.2, 0) is 17.7 Å². The Morgan fingerprint density at radius 2 is 2.64 bits per heavy atom. The first-order chi connectivity index (χ1) is 6.88. The minimum absolute atomic E-state index is 0.698. The van der Waals surface area contributed by atoms with Crippen LogP contribution in [0.5, 0.6) is 0 Å². The van der Waals surface area contributed by atoms with Crippen LogP contribution >= 0.6 is 11.3 Å². The van der Waals surface area contributed by atoms with Crippen LogP contribution in [0.25, 0.3) is 0 Å². The zero-order valence-electron chi connectivity index (χ0n) is 8.45. The maximum absolute atomic E-state index is 5.35. The summed E-state index contributed by atoms with van der Waals surface area (Å²) < 4.78 is 5.35. The summed E-state index contributed by atoms with van der Waals surface area (Å²) in [6, 6.07) is 0. The summed E-state index contributed by atoms with van der Waals surface area (Å²) >= 11 is 1.82. The van der Waals surface area contributed by atoms with Crippen molar-refractivity contribution in [1.29, 1.82) is 0 Å². The van der Waals surface area contributed by atoms with E-state index in [0.29, 0.717) is 5.92 Å². The lowest BCUT2D eigenvalue weighted by Crippen LogP contribution is -2.03. The Balaban J connectivity index is 1.88. The molecule has 0 aliphatic carbocycles. The summed E-state index contributed by atoms with van der Waals surface area (Å²) in [7, 11) is 1.96. The second-order valence-corrected chi connectivity index (χ2v) is 4.88. The van der Waals surface area contributed by atoms with Gasteiger partial charge >= 0.3 is 0 Å². The van der Waals surface area contributed by atoms with E-state index in [4.69, 9.17) is 4.74 Å². The van der Waals surface area contributed by atoms with Gasteiger partial charge in [0.25, 0.3) is 0 Å². The Morgan fingerprint density at radius 1 is 1.71 bits per heavy atom. The summed E-state index contributed by atoms with van der Waals surface area (Å²) in [5.41, 5.74) is 0. The fraction of sp³-hybridized carbons (Fsp3) is 0.700. The molecule has 1 aromatic heterocycles. The van der Waals surface area contributed by atoms with Gasteiger partial charge in [0.05, 0.1) is 5.01 Å². The predicted octanol–water partition coefficient (Wildman–Crippen LogP) is 1.44. The first-order valence-electron chi connectivity index (χ1n) is 5.04. The predicted molar refractivity (Wildman–Crippen MR) is 57.5 cm³/mol. The van der Waals surface area contributed by atoms with Crippen molar-refractivity contribution in [2.75, 3.05) is 20.3 Å². The second kappa shape index (κ2) is 4.87. The van der Waals surface area contributed by atoms with E-state index in [-0.39, 0.29) is 0 Å². The van der Waals surface area contributed by atoms with E-state index >= 15 is 0 Å². The van der Waals surface area contributed by atoms with Crippen molar-refractivity contribution in [3.05, 3.63) is 16.1 Å². The average Bonchev–Trinajstić information content (AvgIpc) is 2.79. The monoisotopic (exact) mass is 212 g/mol. The summed E-state index contributed by atoms with van der Waals surface area (Å²) in [6.45, 7) is 2.78. The van der Waals surface area contributed by atoms with E-state index < -0.39 is 0 Å². The molecule has 1 aliphatic rings. The number of hydrogen-bond donors (Lipinski definition) is 1. The molecule has 3 nitrogen and oxygen atoms in total. The third-order valence-corrected chi connectivity index (χ3v) is 3.46. The molecule has 1 saturated heterocycles. The van der Waals surface area contributed by atoms with Gasteiger partial charge in [0, 0.05) is 37.3 Å². The Kier molecular flexibility index (Phi) is 3.50. The maximum Gasteiger partial charge on any atom is 0.0931 e. The van der Waals surface area contributed by atoms with Gasteiger partial charge in [0.2, 0.25) is 0 Å². The van der Waals surface area contributed by atoms with E-state index in [9.17, 15) is 0 Å². The number of nitrogens with one attached hydrogen (secondary N) is 1. The molecule has 2 heterocycles. The van der Waals surface area contributed by atoms with Gasteiger partial charge in [0.1, 0.15) is 0 Å². The first kappa shape index (κ1) is 10.1. The van der Waals surface area contributed by atoms with Crippen LogP contribution in [0.2, 0.25) is 0 Å². The molecule has 1 fully saturated rings. The molecule has 2 rings (SSSR count). The Hall–Kier alpha value is -0.450. The Labute approximate surface area is 88.5 Å². The molecule has 0 aromatic carbocycles. The molecule has 1 N–H and O–H groups in total. The van der Waals surface area contributed by atoms with Gasteiger partial charge in [-0.2, -0.15) is 0 Å². The van der Waals surface area contributed by atoms with Gasteiger partial charge in [-0.3, -0.25) is 0 Å². The van der Waals surface area contributed by atoms with Crippen LogP contribution in [0.4, 0.5) is 0 Å². The number of rotatable bonds is 4. The van der Waals surface area contributed by atoms with E-state index in [1.54, 1.807) is 0 Å². The summed E-state index contributed by atoms with van der Waals surface area (Å²) in [4.78, 5) is 5.74. The van der Waals surface area contributed by atoms with Crippen molar-refractivity contribution in [1.82, 2.24) is 10.3 Å². The molecule has 0 spiro atoms. The fourth-order valence-electron chi connectivity index (χ4n) is 1.69. The maximum atomic E-state index is 5.35. The zero-order valence-corrected chi connectivity index (χ0v) is 9.27. The minimum atomic E-state index is 0.698. The van der Waals surface area contributed by atoms with Crippen molar-refractivity contribution in [2.45, 2.75) is 19.4 Å². The number of thiazole rings is 1. The molecule has 1 unspecified atom stereocenters. The van der Waals surface area contributed by atoms with Crippen molar-refractivity contribution in [3.63, 3.8) is 0 Å². The molecule has 78 valence electrons. The Bertz CT molecular complexity index is 281. The molecular weight excluding hydrogens is 196 g/mol. The zero-order chi connectivity index (χ0) is 9.80. The molecule has 0 radical (unpaired) electrons. The molecule has 0 amide bonds. The summed E-state index contributed by atoms with van der Waals surface area (Å²) in [6.07, 6.45) is 4.27. The lowest BCUT2D eigenvalue weighted by molar-refractivity contribution is 0.186. The van der Waals surface area contributed by atoms with E-state index in [1.165, 1.54) is 16.3 Å². The standard InChI is InChI=1S/C10H16N2OS/c1-11-5-9-6-12-10(14-9)4-8-2-3-13-7-8/h6,8,11H,2-5,7H2,1H3. The first-order valence-corrected chi connectivity index (χ1v) is 5.86. The van der Waals surface area contributed by atoms with Crippen molar-refractivity contribution >= 4 is 11.3 Å². The molecule has 1 atom stereocenters. The molecule has 1 aliphatic heterocycles. The number of nitrogens with zero attached hydrogens (tertiary/aromatic N) is 1. The summed E-state index contributed by atoms with van der Waals surface area (Å²) in [5.74, 6) is 0.698. The highest BCUT2D eigenvalue weighted by atomic mass is 32.1. The van der Waals surface area contributed by atoms with Gasteiger partial charge in [-0.1, -0.05) is 0 Å². The van der Waals surface area contributed by atoms with Gasteiger partial charge < -0.3 is 10.1 Å². The van der Waals surface area contributed by atoms with Gasteiger partial charge in [-0.05, 0) is 19.4 Å². The van der Waals surface area contributed by atoms with Crippen molar-refractivity contribution in [2.24, 2.45) is 5.92 Å². The highest BCUT2D eigenvalue weighted by Crippen LogP contribution is 2.21. The number of ether oxygens (including phenoxy) is 1. The third-order valence-electron chi connectivity index (χ3n) is 2.44. The van der Waals surface area contributed by atoms with Crippen LogP contribution in [-0.4, -0.2) is 25.2 Å². The van der Waals surface area contributed by atoms with Crippen molar-refractivity contribution in [3.8, 4) is 0 Å².